The van der Waals surface area contributed by atoms with Crippen molar-refractivity contribution in [1.29, 1.82) is 0 Å². The van der Waals surface area contributed by atoms with Gasteiger partial charge < -0.3 is 19.7 Å². The van der Waals surface area contributed by atoms with Crippen molar-refractivity contribution in [1.82, 2.24) is 14.4 Å². The van der Waals surface area contributed by atoms with Gasteiger partial charge in [0.1, 0.15) is 0 Å². The van der Waals surface area contributed by atoms with Crippen LogP contribution in [0.15, 0.2) is 41.3 Å². The molecule has 1 aliphatic rings. The van der Waals surface area contributed by atoms with Crippen molar-refractivity contribution in [3.05, 3.63) is 63.0 Å². The van der Waals surface area contributed by atoms with Crippen LogP contribution in [-0.4, -0.2) is 56.3 Å². The number of aromatic nitrogens is 1. The first-order valence-corrected chi connectivity index (χ1v) is 9.10. The van der Waals surface area contributed by atoms with Crippen molar-refractivity contribution < 1.29 is 15.0 Å². The van der Waals surface area contributed by atoms with Gasteiger partial charge in [0.25, 0.3) is 5.56 Å². The van der Waals surface area contributed by atoms with Gasteiger partial charge in [0.2, 0.25) is 0 Å². The summed E-state index contributed by atoms with van der Waals surface area (Å²) < 4.78 is 1.44. The molecule has 0 aliphatic carbocycles. The molecular weight excluding hydrogens is 370 g/mol. The van der Waals surface area contributed by atoms with Gasteiger partial charge in [0.15, 0.2) is 5.75 Å². The zero-order valence-electron chi connectivity index (χ0n) is 15.0. The van der Waals surface area contributed by atoms with E-state index in [2.05, 4.69) is 0 Å². The van der Waals surface area contributed by atoms with Crippen LogP contribution in [0.3, 0.4) is 0 Å². The van der Waals surface area contributed by atoms with Crippen LogP contribution in [0.1, 0.15) is 18.1 Å². The van der Waals surface area contributed by atoms with Gasteiger partial charge in [-0.05, 0) is 30.7 Å². The number of halogens is 1. The van der Waals surface area contributed by atoms with Crippen molar-refractivity contribution in [3.8, 4) is 5.75 Å². The van der Waals surface area contributed by atoms with Gasteiger partial charge in [0, 0.05) is 49.0 Å². The lowest BCUT2D eigenvalue weighted by molar-refractivity contribution is 0.0707. The molecule has 8 heteroatoms. The standard InChI is InChI=1S/C19H22ClN3O4/c1-13-10-21(7-8-23(13)19(26)27)12-15-5-6-22(18(25)17(15)24)11-14-3-2-4-16(20)9-14/h2-6,9,13,24H,7-8,10-12H2,1H3,(H,26,27). The zero-order valence-corrected chi connectivity index (χ0v) is 15.8. The minimum Gasteiger partial charge on any atom is -0.503 e. The molecule has 0 bridgehead atoms. The Balaban J connectivity index is 1.72. The molecule has 2 N–H and O–H groups in total. The number of aromatic hydroxyl groups is 1. The van der Waals surface area contributed by atoms with E-state index in [-0.39, 0.29) is 11.8 Å². The molecule has 1 atom stereocenters. The van der Waals surface area contributed by atoms with Crippen molar-refractivity contribution in [3.63, 3.8) is 0 Å². The van der Waals surface area contributed by atoms with E-state index in [1.165, 1.54) is 9.47 Å². The first-order chi connectivity index (χ1) is 12.8. The highest BCUT2D eigenvalue weighted by Crippen LogP contribution is 2.18. The van der Waals surface area contributed by atoms with Gasteiger partial charge >= 0.3 is 6.09 Å². The van der Waals surface area contributed by atoms with Crippen molar-refractivity contribution in [2.24, 2.45) is 0 Å². The third kappa shape index (κ3) is 4.43. The fraction of sp³-hybridized carbons (Fsp3) is 0.368. The van der Waals surface area contributed by atoms with E-state index in [0.717, 1.165) is 5.56 Å². The van der Waals surface area contributed by atoms with E-state index in [1.807, 2.05) is 24.0 Å². The lowest BCUT2D eigenvalue weighted by atomic mass is 10.1. The monoisotopic (exact) mass is 391 g/mol. The Labute approximate surface area is 162 Å². The number of hydrogen-bond donors (Lipinski definition) is 2. The number of pyridine rings is 1. The molecule has 1 saturated heterocycles. The van der Waals surface area contributed by atoms with Gasteiger partial charge in [0.05, 0.1) is 6.54 Å². The van der Waals surface area contributed by atoms with Crippen molar-refractivity contribution in [2.75, 3.05) is 19.6 Å². The van der Waals surface area contributed by atoms with Crippen molar-refractivity contribution >= 4 is 17.7 Å². The molecule has 144 valence electrons. The molecule has 1 aromatic heterocycles. The van der Waals surface area contributed by atoms with Crippen LogP contribution >= 0.6 is 11.6 Å². The predicted octanol–water partition coefficient (Wildman–Crippen LogP) is 2.44. The summed E-state index contributed by atoms with van der Waals surface area (Å²) in [5.74, 6) is -0.271. The van der Waals surface area contributed by atoms with Gasteiger partial charge in [-0.3, -0.25) is 9.69 Å². The predicted molar refractivity (Wildman–Crippen MR) is 102 cm³/mol. The summed E-state index contributed by atoms with van der Waals surface area (Å²) in [6.07, 6.45) is 0.739. The van der Waals surface area contributed by atoms with Crippen molar-refractivity contribution in [2.45, 2.75) is 26.1 Å². The van der Waals surface area contributed by atoms with Crippen LogP contribution in [0.4, 0.5) is 4.79 Å². The van der Waals surface area contributed by atoms with Crippen LogP contribution in [0, 0.1) is 0 Å². The summed E-state index contributed by atoms with van der Waals surface area (Å²) in [5.41, 5.74) is 0.957. The second-order valence-electron chi connectivity index (χ2n) is 6.81. The summed E-state index contributed by atoms with van der Waals surface area (Å²) in [7, 11) is 0. The fourth-order valence-electron chi connectivity index (χ4n) is 3.39. The van der Waals surface area contributed by atoms with E-state index in [0.29, 0.717) is 43.3 Å². The van der Waals surface area contributed by atoms with Crippen LogP contribution in [0.25, 0.3) is 0 Å². The second kappa shape index (κ2) is 8.02. The Morgan fingerprint density at radius 2 is 2.04 bits per heavy atom. The maximum absolute atomic E-state index is 12.5. The lowest BCUT2D eigenvalue weighted by Gasteiger charge is -2.38. The Hall–Kier alpha value is -2.51. The first kappa shape index (κ1) is 19.3. The Bertz CT molecular complexity index is 899. The van der Waals surface area contributed by atoms with E-state index in [4.69, 9.17) is 16.7 Å². The second-order valence-corrected chi connectivity index (χ2v) is 7.25. The maximum Gasteiger partial charge on any atom is 0.407 e. The average Bonchev–Trinajstić information content (AvgIpc) is 2.61. The number of piperazine rings is 1. The molecule has 7 nitrogen and oxygen atoms in total. The zero-order chi connectivity index (χ0) is 19.6. The molecule has 27 heavy (non-hydrogen) atoms. The Kier molecular flexibility index (Phi) is 5.72. The van der Waals surface area contributed by atoms with E-state index >= 15 is 0 Å². The van der Waals surface area contributed by atoms with E-state index in [9.17, 15) is 14.7 Å². The summed E-state index contributed by atoms with van der Waals surface area (Å²) in [6.45, 7) is 4.09. The number of carbonyl (C=O) groups is 1. The van der Waals surface area contributed by atoms with E-state index < -0.39 is 11.7 Å². The fourth-order valence-corrected chi connectivity index (χ4v) is 3.60. The van der Waals surface area contributed by atoms with Gasteiger partial charge in [-0.15, -0.1) is 0 Å². The largest absolute Gasteiger partial charge is 0.503 e. The van der Waals surface area contributed by atoms with Crippen LogP contribution < -0.4 is 5.56 Å². The number of rotatable bonds is 4. The summed E-state index contributed by atoms with van der Waals surface area (Å²) >= 11 is 5.97. The molecular formula is C19H22ClN3O4. The van der Waals surface area contributed by atoms with Crippen LogP contribution in [-0.2, 0) is 13.1 Å². The molecule has 1 fully saturated rings. The minimum absolute atomic E-state index is 0.137. The highest BCUT2D eigenvalue weighted by molar-refractivity contribution is 6.30. The highest BCUT2D eigenvalue weighted by atomic mass is 35.5. The lowest BCUT2D eigenvalue weighted by Crippen LogP contribution is -2.53. The molecule has 0 saturated carbocycles. The van der Waals surface area contributed by atoms with Gasteiger partial charge in [-0.25, -0.2) is 4.79 Å². The number of carboxylic acid groups (broad SMARTS) is 1. The molecule has 1 unspecified atom stereocenters. The Morgan fingerprint density at radius 3 is 2.70 bits per heavy atom. The molecule has 0 radical (unpaired) electrons. The Morgan fingerprint density at radius 1 is 1.26 bits per heavy atom. The van der Waals surface area contributed by atoms with Crippen LogP contribution in [0.2, 0.25) is 5.02 Å². The topological polar surface area (TPSA) is 86.0 Å². The summed E-state index contributed by atoms with van der Waals surface area (Å²) in [4.78, 5) is 27.1. The van der Waals surface area contributed by atoms with E-state index in [1.54, 1.807) is 24.4 Å². The first-order valence-electron chi connectivity index (χ1n) is 8.73. The smallest absolute Gasteiger partial charge is 0.407 e. The number of nitrogens with zero attached hydrogens (tertiary/aromatic N) is 3. The molecule has 2 heterocycles. The summed E-state index contributed by atoms with van der Waals surface area (Å²) in [5, 5.41) is 20.1. The van der Waals surface area contributed by atoms with Crippen LogP contribution in [0.5, 0.6) is 5.75 Å². The van der Waals surface area contributed by atoms with Gasteiger partial charge in [-0.1, -0.05) is 23.7 Å². The normalized spacial score (nSPS) is 17.9. The number of amides is 1. The number of benzene rings is 1. The highest BCUT2D eigenvalue weighted by Gasteiger charge is 2.27. The average molecular weight is 392 g/mol. The molecule has 1 aliphatic heterocycles. The molecule has 1 amide bonds. The number of hydrogen-bond acceptors (Lipinski definition) is 4. The SMILES string of the molecule is CC1CN(Cc2ccn(Cc3cccc(Cl)c3)c(=O)c2O)CCN1C(=O)O. The quantitative estimate of drug-likeness (QED) is 0.836. The third-order valence-electron chi connectivity index (χ3n) is 4.82. The summed E-state index contributed by atoms with van der Waals surface area (Å²) in [6, 6.07) is 8.82. The molecule has 2 aromatic rings. The van der Waals surface area contributed by atoms with Gasteiger partial charge in [-0.2, -0.15) is 0 Å². The molecule has 0 spiro atoms. The maximum atomic E-state index is 12.5. The third-order valence-corrected chi connectivity index (χ3v) is 5.05. The minimum atomic E-state index is -0.923. The molecule has 3 rings (SSSR count). The molecule has 1 aromatic carbocycles.